The van der Waals surface area contributed by atoms with Gasteiger partial charge >= 0.3 is 5.97 Å². The van der Waals surface area contributed by atoms with Crippen LogP contribution < -0.4 is 0 Å². The van der Waals surface area contributed by atoms with E-state index in [1.807, 2.05) is 4.90 Å². The van der Waals surface area contributed by atoms with E-state index < -0.39 is 5.97 Å². The molecule has 1 aliphatic rings. The summed E-state index contributed by atoms with van der Waals surface area (Å²) in [4.78, 5) is 34.5. The molecule has 0 aromatic carbocycles. The monoisotopic (exact) mass is 359 g/mol. The highest BCUT2D eigenvalue weighted by Crippen LogP contribution is 2.30. The number of nitrogens with zero attached hydrogens (tertiary/aromatic N) is 3. The third-order valence-electron chi connectivity index (χ3n) is 4.52. The molecule has 1 unspecified atom stereocenters. The Morgan fingerprint density at radius 1 is 1.36 bits per heavy atom. The van der Waals surface area contributed by atoms with Crippen molar-refractivity contribution in [3.63, 3.8) is 0 Å². The molecule has 1 fully saturated rings. The van der Waals surface area contributed by atoms with Crippen LogP contribution in [0.25, 0.3) is 0 Å². The van der Waals surface area contributed by atoms with Crippen molar-refractivity contribution in [3.8, 4) is 0 Å². The molecule has 1 N–H and O–H groups in total. The summed E-state index contributed by atoms with van der Waals surface area (Å²) in [6.07, 6.45) is 2.89. The van der Waals surface area contributed by atoms with Gasteiger partial charge in [-0.25, -0.2) is 14.8 Å². The summed E-state index contributed by atoms with van der Waals surface area (Å²) in [6, 6.07) is 2.95. The minimum absolute atomic E-state index is 0.128. The van der Waals surface area contributed by atoms with E-state index in [0.29, 0.717) is 24.5 Å². The summed E-state index contributed by atoms with van der Waals surface area (Å²) in [7, 11) is 0. The van der Waals surface area contributed by atoms with Crippen molar-refractivity contribution in [1.29, 1.82) is 0 Å². The fourth-order valence-electron chi connectivity index (χ4n) is 3.10. The van der Waals surface area contributed by atoms with Gasteiger partial charge in [-0.1, -0.05) is 6.92 Å². The molecule has 132 valence electrons. The third-order valence-corrected chi connectivity index (χ3v) is 5.58. The second kappa shape index (κ2) is 7.31. The zero-order chi connectivity index (χ0) is 18.0. The molecule has 0 bridgehead atoms. The minimum Gasteiger partial charge on any atom is -0.478 e. The number of aromatic nitrogens is 2. The van der Waals surface area contributed by atoms with E-state index in [4.69, 9.17) is 5.11 Å². The average molecular weight is 359 g/mol. The highest BCUT2D eigenvalue weighted by atomic mass is 32.1. The summed E-state index contributed by atoms with van der Waals surface area (Å²) in [5.74, 6) is -0.906. The molecule has 1 saturated heterocycles. The molecule has 3 rings (SSSR count). The van der Waals surface area contributed by atoms with Crippen LogP contribution in [0.3, 0.4) is 0 Å². The van der Waals surface area contributed by atoms with Crippen LogP contribution >= 0.6 is 11.3 Å². The molecule has 2 aromatic rings. The molecule has 0 spiro atoms. The number of piperidine rings is 1. The van der Waals surface area contributed by atoms with E-state index >= 15 is 0 Å². The molecule has 2 aromatic heterocycles. The highest BCUT2D eigenvalue weighted by molar-refractivity contribution is 7.09. The minimum atomic E-state index is -1.03. The number of carboxylic acid groups (broad SMARTS) is 1. The van der Waals surface area contributed by atoms with Crippen molar-refractivity contribution in [2.45, 2.75) is 39.0 Å². The lowest BCUT2D eigenvalue weighted by Gasteiger charge is -2.31. The van der Waals surface area contributed by atoms with Gasteiger partial charge in [0.2, 0.25) is 0 Å². The summed E-state index contributed by atoms with van der Waals surface area (Å²) in [6.45, 7) is 5.03. The lowest BCUT2D eigenvalue weighted by Crippen LogP contribution is -2.39. The Kier molecular flexibility index (Phi) is 5.13. The van der Waals surface area contributed by atoms with Gasteiger partial charge < -0.3 is 10.0 Å². The summed E-state index contributed by atoms with van der Waals surface area (Å²) >= 11 is 1.67. The fourth-order valence-corrected chi connectivity index (χ4v) is 4.13. The Bertz CT molecular complexity index is 803. The molecule has 0 radical (unpaired) electrons. The van der Waals surface area contributed by atoms with Gasteiger partial charge in [-0.2, -0.15) is 0 Å². The maximum absolute atomic E-state index is 12.8. The summed E-state index contributed by atoms with van der Waals surface area (Å²) in [5.41, 5.74) is 1.89. The number of pyridine rings is 1. The molecule has 0 aliphatic carbocycles. The van der Waals surface area contributed by atoms with Crippen molar-refractivity contribution < 1.29 is 14.7 Å². The number of thiazole rings is 1. The van der Waals surface area contributed by atoms with Crippen LogP contribution in [0.1, 0.15) is 62.9 Å². The molecular formula is C18H21N3O3S. The van der Waals surface area contributed by atoms with Crippen LogP contribution in [0.5, 0.6) is 0 Å². The number of aryl methyl sites for hydroxylation is 2. The van der Waals surface area contributed by atoms with E-state index in [1.165, 1.54) is 12.1 Å². The van der Waals surface area contributed by atoms with Gasteiger partial charge in [-0.05, 0) is 38.3 Å². The number of hydrogen-bond donors (Lipinski definition) is 1. The smallest absolute Gasteiger partial charge is 0.337 e. The number of carbonyl (C=O) groups excluding carboxylic acids is 1. The molecule has 1 atom stereocenters. The van der Waals surface area contributed by atoms with Crippen molar-refractivity contribution in [2.24, 2.45) is 0 Å². The number of hydrogen-bond acceptors (Lipinski definition) is 5. The molecule has 1 aliphatic heterocycles. The summed E-state index contributed by atoms with van der Waals surface area (Å²) in [5, 5.41) is 12.3. The Balaban J connectivity index is 1.75. The Hall–Kier alpha value is -2.28. The van der Waals surface area contributed by atoms with Crippen molar-refractivity contribution in [1.82, 2.24) is 14.9 Å². The van der Waals surface area contributed by atoms with E-state index in [-0.39, 0.29) is 17.4 Å². The average Bonchev–Trinajstić information content (AvgIpc) is 3.10. The van der Waals surface area contributed by atoms with Crippen LogP contribution in [0.2, 0.25) is 0 Å². The van der Waals surface area contributed by atoms with E-state index in [1.54, 1.807) is 18.3 Å². The number of carboxylic acids is 1. The molecule has 6 nitrogen and oxygen atoms in total. The van der Waals surface area contributed by atoms with Crippen LogP contribution in [0.15, 0.2) is 17.5 Å². The molecular weight excluding hydrogens is 338 g/mol. The van der Waals surface area contributed by atoms with E-state index in [2.05, 4.69) is 22.3 Å². The topological polar surface area (TPSA) is 83.4 Å². The second-order valence-corrected chi connectivity index (χ2v) is 7.15. The predicted molar refractivity (Wildman–Crippen MR) is 95.3 cm³/mol. The highest BCUT2D eigenvalue weighted by Gasteiger charge is 2.28. The molecule has 1 amide bonds. The normalized spacial score (nSPS) is 17.5. The van der Waals surface area contributed by atoms with Gasteiger partial charge in [0.25, 0.3) is 5.91 Å². The SMILES string of the molecule is CCc1csc(C2CCCN(C(=O)c3ccc(C(=O)O)c(C)n3)C2)n1. The number of likely N-dealkylation sites (tertiary alicyclic amines) is 1. The van der Waals surface area contributed by atoms with Crippen molar-refractivity contribution in [2.75, 3.05) is 13.1 Å². The summed E-state index contributed by atoms with van der Waals surface area (Å²) < 4.78 is 0. The van der Waals surface area contributed by atoms with Crippen molar-refractivity contribution >= 4 is 23.2 Å². The molecule has 25 heavy (non-hydrogen) atoms. The first kappa shape index (κ1) is 17.5. The number of amides is 1. The van der Waals surface area contributed by atoms with Crippen LogP contribution in [-0.4, -0.2) is 44.9 Å². The zero-order valence-electron chi connectivity index (χ0n) is 14.4. The van der Waals surface area contributed by atoms with Gasteiger partial charge in [-0.15, -0.1) is 11.3 Å². The van der Waals surface area contributed by atoms with Gasteiger partial charge in [0.05, 0.1) is 22.0 Å². The number of carbonyl (C=O) groups is 2. The van der Waals surface area contributed by atoms with Crippen molar-refractivity contribution in [3.05, 3.63) is 45.2 Å². The van der Waals surface area contributed by atoms with Gasteiger partial charge in [0.1, 0.15) is 5.69 Å². The molecule has 7 heteroatoms. The third kappa shape index (κ3) is 3.71. The van der Waals surface area contributed by atoms with Crippen LogP contribution in [-0.2, 0) is 6.42 Å². The molecule has 3 heterocycles. The zero-order valence-corrected chi connectivity index (χ0v) is 15.2. The Morgan fingerprint density at radius 2 is 2.16 bits per heavy atom. The van der Waals surface area contributed by atoms with Gasteiger partial charge in [-0.3, -0.25) is 4.79 Å². The Labute approximate surface area is 150 Å². The maximum atomic E-state index is 12.8. The van der Waals surface area contributed by atoms with Gasteiger partial charge in [0.15, 0.2) is 0 Å². The first-order valence-electron chi connectivity index (χ1n) is 8.44. The standard InChI is InChI=1S/C18H21N3O3S/c1-3-13-10-25-16(20-13)12-5-4-8-21(9-12)17(22)15-7-6-14(18(23)24)11(2)19-15/h6-7,10,12H,3-5,8-9H2,1-2H3,(H,23,24). The lowest BCUT2D eigenvalue weighted by atomic mass is 9.98. The number of aromatic carboxylic acids is 1. The maximum Gasteiger partial charge on any atom is 0.337 e. The fraction of sp³-hybridized carbons (Fsp3) is 0.444. The first-order valence-corrected chi connectivity index (χ1v) is 9.32. The lowest BCUT2D eigenvalue weighted by molar-refractivity contribution is 0.0682. The van der Waals surface area contributed by atoms with Crippen LogP contribution in [0, 0.1) is 6.92 Å². The Morgan fingerprint density at radius 3 is 2.80 bits per heavy atom. The largest absolute Gasteiger partial charge is 0.478 e. The van der Waals surface area contributed by atoms with E-state index in [0.717, 1.165) is 30.0 Å². The van der Waals surface area contributed by atoms with Gasteiger partial charge in [0, 0.05) is 24.4 Å². The van der Waals surface area contributed by atoms with E-state index in [9.17, 15) is 9.59 Å². The first-order chi connectivity index (χ1) is 12.0. The van der Waals surface area contributed by atoms with Crippen LogP contribution in [0.4, 0.5) is 0 Å². The quantitative estimate of drug-likeness (QED) is 0.907. The molecule has 0 saturated carbocycles. The number of rotatable bonds is 4. The predicted octanol–water partition coefficient (Wildman–Crippen LogP) is 3.13. The second-order valence-electron chi connectivity index (χ2n) is 6.26.